The molecule has 0 saturated heterocycles. The van der Waals surface area contributed by atoms with Crippen LogP contribution in [0.2, 0.25) is 5.02 Å². The van der Waals surface area contributed by atoms with E-state index in [1.54, 1.807) is 24.1 Å². The molecular weight excluding hydrogens is 416 g/mol. The molecule has 6 nitrogen and oxygen atoms in total. The number of halogens is 1. The molecule has 0 aromatic heterocycles. The summed E-state index contributed by atoms with van der Waals surface area (Å²) in [5, 5.41) is 3.47. The Hall–Kier alpha value is -2.73. The van der Waals surface area contributed by atoms with Crippen LogP contribution in [0.15, 0.2) is 48.5 Å². The standard InChI is InChI=1S/C24H31ClN2O4/c1-4-22(24(29)26-5-2)27(17-18-8-10-19(25)11-9-18)23(28)7-6-16-31-21-14-12-20(30-3)13-15-21/h8-15,22H,4-7,16-17H2,1-3H3,(H,26,29)/t22-/m0/s1. The van der Waals surface area contributed by atoms with Crippen LogP contribution in [-0.2, 0) is 16.1 Å². The molecule has 2 aromatic carbocycles. The predicted molar refractivity (Wildman–Crippen MR) is 122 cm³/mol. The molecule has 0 aliphatic rings. The zero-order valence-corrected chi connectivity index (χ0v) is 19.2. The molecule has 7 heteroatoms. The topological polar surface area (TPSA) is 67.9 Å². The fourth-order valence-electron chi connectivity index (χ4n) is 3.23. The van der Waals surface area contributed by atoms with Gasteiger partial charge in [0.1, 0.15) is 17.5 Å². The summed E-state index contributed by atoms with van der Waals surface area (Å²) >= 11 is 5.98. The first kappa shape index (κ1) is 24.5. The quantitative estimate of drug-likeness (QED) is 0.489. The van der Waals surface area contributed by atoms with Gasteiger partial charge in [-0.3, -0.25) is 9.59 Å². The summed E-state index contributed by atoms with van der Waals surface area (Å²) in [5.74, 6) is 1.27. The van der Waals surface area contributed by atoms with E-state index < -0.39 is 6.04 Å². The molecule has 0 aliphatic carbocycles. The zero-order valence-electron chi connectivity index (χ0n) is 18.4. The fourth-order valence-corrected chi connectivity index (χ4v) is 3.35. The number of nitrogens with zero attached hydrogens (tertiary/aromatic N) is 1. The molecule has 0 bridgehead atoms. The monoisotopic (exact) mass is 446 g/mol. The van der Waals surface area contributed by atoms with Crippen molar-refractivity contribution in [3.8, 4) is 11.5 Å². The Bertz CT molecular complexity index is 824. The third kappa shape index (κ3) is 7.79. The number of benzene rings is 2. The molecule has 0 heterocycles. The Balaban J connectivity index is 2.00. The number of hydrogen-bond acceptors (Lipinski definition) is 4. The number of carbonyl (C=O) groups excluding carboxylic acids is 2. The van der Waals surface area contributed by atoms with Crippen molar-refractivity contribution in [2.45, 2.75) is 45.7 Å². The third-order valence-electron chi connectivity index (χ3n) is 4.87. The summed E-state index contributed by atoms with van der Waals surface area (Å²) in [5.41, 5.74) is 0.926. The molecule has 0 spiro atoms. The van der Waals surface area contributed by atoms with Crippen molar-refractivity contribution < 1.29 is 19.1 Å². The number of hydrogen-bond donors (Lipinski definition) is 1. The van der Waals surface area contributed by atoms with Crippen LogP contribution in [0.3, 0.4) is 0 Å². The first-order valence-electron chi connectivity index (χ1n) is 10.6. The Morgan fingerprint density at radius 2 is 1.68 bits per heavy atom. The van der Waals surface area contributed by atoms with E-state index in [0.29, 0.717) is 44.0 Å². The maximum absolute atomic E-state index is 13.1. The van der Waals surface area contributed by atoms with Crippen molar-refractivity contribution in [3.05, 3.63) is 59.1 Å². The summed E-state index contributed by atoms with van der Waals surface area (Å²) in [6.07, 6.45) is 1.38. The van der Waals surface area contributed by atoms with Crippen molar-refractivity contribution in [1.29, 1.82) is 0 Å². The van der Waals surface area contributed by atoms with E-state index >= 15 is 0 Å². The number of amides is 2. The summed E-state index contributed by atoms with van der Waals surface area (Å²) in [4.78, 5) is 27.3. The largest absolute Gasteiger partial charge is 0.497 e. The molecule has 1 N–H and O–H groups in total. The lowest BCUT2D eigenvalue weighted by Crippen LogP contribution is -2.49. The highest BCUT2D eigenvalue weighted by atomic mass is 35.5. The highest BCUT2D eigenvalue weighted by Crippen LogP contribution is 2.19. The van der Waals surface area contributed by atoms with Crippen molar-refractivity contribution in [1.82, 2.24) is 10.2 Å². The van der Waals surface area contributed by atoms with Crippen LogP contribution < -0.4 is 14.8 Å². The van der Waals surface area contributed by atoms with Gasteiger partial charge in [-0.2, -0.15) is 0 Å². The lowest BCUT2D eigenvalue weighted by atomic mass is 10.1. The smallest absolute Gasteiger partial charge is 0.242 e. The SMILES string of the molecule is CCNC(=O)[C@H](CC)N(Cc1ccc(Cl)cc1)C(=O)CCCOc1ccc(OC)cc1. The molecule has 31 heavy (non-hydrogen) atoms. The van der Waals surface area contributed by atoms with Crippen LogP contribution in [0.4, 0.5) is 0 Å². The van der Waals surface area contributed by atoms with Crippen LogP contribution in [-0.4, -0.2) is 43.0 Å². The van der Waals surface area contributed by atoms with Crippen molar-refractivity contribution in [2.75, 3.05) is 20.3 Å². The van der Waals surface area contributed by atoms with Crippen LogP contribution in [0.5, 0.6) is 11.5 Å². The summed E-state index contributed by atoms with van der Waals surface area (Å²) in [6, 6.07) is 14.1. The summed E-state index contributed by atoms with van der Waals surface area (Å²) in [7, 11) is 1.61. The minimum atomic E-state index is -0.523. The first-order chi connectivity index (χ1) is 15.0. The number of rotatable bonds is 12. The number of carbonyl (C=O) groups is 2. The van der Waals surface area contributed by atoms with Crippen LogP contribution in [0.25, 0.3) is 0 Å². The van der Waals surface area contributed by atoms with Gasteiger partial charge >= 0.3 is 0 Å². The first-order valence-corrected chi connectivity index (χ1v) is 10.9. The van der Waals surface area contributed by atoms with E-state index in [2.05, 4.69) is 5.32 Å². The second kappa shape index (κ2) is 12.8. The minimum absolute atomic E-state index is 0.0774. The lowest BCUT2D eigenvalue weighted by Gasteiger charge is -2.30. The van der Waals surface area contributed by atoms with E-state index in [9.17, 15) is 9.59 Å². The predicted octanol–water partition coefficient (Wildman–Crippen LogP) is 4.45. The number of ether oxygens (including phenoxy) is 2. The highest BCUT2D eigenvalue weighted by molar-refractivity contribution is 6.30. The maximum Gasteiger partial charge on any atom is 0.242 e. The number of likely N-dealkylation sites (N-methyl/N-ethyl adjacent to an activating group) is 1. The minimum Gasteiger partial charge on any atom is -0.497 e. The zero-order chi connectivity index (χ0) is 22.6. The molecule has 2 rings (SSSR count). The molecule has 2 amide bonds. The number of methoxy groups -OCH3 is 1. The molecule has 2 aromatic rings. The maximum atomic E-state index is 13.1. The van der Waals surface area contributed by atoms with E-state index in [0.717, 1.165) is 17.1 Å². The normalized spacial score (nSPS) is 11.5. The third-order valence-corrected chi connectivity index (χ3v) is 5.12. The van der Waals surface area contributed by atoms with Crippen LogP contribution >= 0.6 is 11.6 Å². The van der Waals surface area contributed by atoms with E-state index in [1.807, 2.05) is 50.2 Å². The fraction of sp³-hybridized carbons (Fsp3) is 0.417. The van der Waals surface area contributed by atoms with Crippen molar-refractivity contribution >= 4 is 23.4 Å². The van der Waals surface area contributed by atoms with E-state index in [-0.39, 0.29) is 11.8 Å². The van der Waals surface area contributed by atoms with Gasteiger partial charge in [0.2, 0.25) is 11.8 Å². The molecule has 0 fully saturated rings. The average molecular weight is 447 g/mol. The van der Waals surface area contributed by atoms with Gasteiger partial charge < -0.3 is 19.7 Å². The Labute approximate surface area is 189 Å². The average Bonchev–Trinajstić information content (AvgIpc) is 2.78. The van der Waals surface area contributed by atoms with Crippen molar-refractivity contribution in [3.63, 3.8) is 0 Å². The van der Waals surface area contributed by atoms with Gasteiger partial charge in [0.25, 0.3) is 0 Å². The Kier molecular flexibility index (Phi) is 10.2. The van der Waals surface area contributed by atoms with Gasteiger partial charge in [-0.05, 0) is 61.7 Å². The second-order valence-electron chi connectivity index (χ2n) is 7.09. The van der Waals surface area contributed by atoms with E-state index in [4.69, 9.17) is 21.1 Å². The molecule has 168 valence electrons. The highest BCUT2D eigenvalue weighted by Gasteiger charge is 2.27. The molecule has 1 atom stereocenters. The Morgan fingerprint density at radius 3 is 2.26 bits per heavy atom. The molecule has 0 radical (unpaired) electrons. The molecule has 0 saturated carbocycles. The van der Waals surface area contributed by atoms with Gasteiger partial charge in [-0.1, -0.05) is 30.7 Å². The molecule has 0 aliphatic heterocycles. The van der Waals surface area contributed by atoms with Gasteiger partial charge in [0, 0.05) is 24.5 Å². The van der Waals surface area contributed by atoms with Gasteiger partial charge in [0.05, 0.1) is 13.7 Å². The van der Waals surface area contributed by atoms with Gasteiger partial charge in [-0.15, -0.1) is 0 Å². The Morgan fingerprint density at radius 1 is 1.03 bits per heavy atom. The second-order valence-corrected chi connectivity index (χ2v) is 7.53. The van der Waals surface area contributed by atoms with Crippen LogP contribution in [0, 0.1) is 0 Å². The lowest BCUT2D eigenvalue weighted by molar-refractivity contribution is -0.141. The molecular formula is C24H31ClN2O4. The summed E-state index contributed by atoms with van der Waals surface area (Å²) < 4.78 is 10.9. The van der Waals surface area contributed by atoms with Gasteiger partial charge in [-0.25, -0.2) is 0 Å². The summed E-state index contributed by atoms with van der Waals surface area (Å²) in [6.45, 7) is 5.06. The van der Waals surface area contributed by atoms with Gasteiger partial charge in [0.15, 0.2) is 0 Å². The molecule has 0 unspecified atom stereocenters. The number of nitrogens with one attached hydrogen (secondary N) is 1. The van der Waals surface area contributed by atoms with Crippen LogP contribution in [0.1, 0.15) is 38.7 Å². The van der Waals surface area contributed by atoms with Crippen molar-refractivity contribution in [2.24, 2.45) is 0 Å². The van der Waals surface area contributed by atoms with E-state index in [1.165, 1.54) is 0 Å².